The molecule has 1 N–H and O–H groups in total. The third kappa shape index (κ3) is 5.45. The summed E-state index contributed by atoms with van der Waals surface area (Å²) in [5.74, 6) is 0.396. The molecule has 0 atom stereocenters. The molecule has 0 saturated heterocycles. The predicted molar refractivity (Wildman–Crippen MR) is 146 cm³/mol. The summed E-state index contributed by atoms with van der Waals surface area (Å²) in [6.07, 6.45) is 0. The zero-order valence-corrected chi connectivity index (χ0v) is 20.8. The summed E-state index contributed by atoms with van der Waals surface area (Å²) in [6.45, 7) is 1.90. The van der Waals surface area contributed by atoms with Crippen LogP contribution >= 0.6 is 11.8 Å². The number of anilines is 1. The van der Waals surface area contributed by atoms with E-state index in [9.17, 15) is 10.1 Å². The van der Waals surface area contributed by atoms with Crippen LogP contribution in [0.5, 0.6) is 0 Å². The molecule has 0 aliphatic carbocycles. The topological polar surface area (TPSA) is 91.8 Å². The highest BCUT2D eigenvalue weighted by Crippen LogP contribution is 2.41. The molecule has 0 saturated carbocycles. The maximum absolute atomic E-state index is 12.9. The molecule has 3 aromatic carbocycles. The largest absolute Gasteiger partial charge is 0.438 e. The number of aryl methyl sites for hydroxylation is 1. The van der Waals surface area contributed by atoms with Crippen molar-refractivity contribution in [3.05, 3.63) is 108 Å². The normalized spacial score (nSPS) is 10.6. The van der Waals surface area contributed by atoms with Gasteiger partial charge in [-0.05, 0) is 18.6 Å². The van der Waals surface area contributed by atoms with Gasteiger partial charge in [0.05, 0.1) is 11.4 Å². The molecule has 5 aromatic rings. The van der Waals surface area contributed by atoms with E-state index in [0.29, 0.717) is 16.5 Å². The minimum atomic E-state index is -0.319. The molecule has 0 fully saturated rings. The van der Waals surface area contributed by atoms with Gasteiger partial charge >= 0.3 is 0 Å². The van der Waals surface area contributed by atoms with Crippen LogP contribution in [0.25, 0.3) is 33.7 Å². The van der Waals surface area contributed by atoms with Crippen molar-refractivity contribution in [1.29, 1.82) is 5.26 Å². The Morgan fingerprint density at radius 1 is 0.892 bits per heavy atom. The molecule has 6 nitrogen and oxygen atoms in total. The second-order valence-corrected chi connectivity index (χ2v) is 9.18. The Balaban J connectivity index is 1.40. The van der Waals surface area contributed by atoms with E-state index >= 15 is 0 Å². The summed E-state index contributed by atoms with van der Waals surface area (Å²) in [6, 6.07) is 33.1. The Bertz CT molecular complexity index is 1580. The van der Waals surface area contributed by atoms with Gasteiger partial charge in [0, 0.05) is 22.4 Å². The molecular formula is C30H22N4O2S. The Hall–Kier alpha value is -4.67. The van der Waals surface area contributed by atoms with Crippen LogP contribution in [0.15, 0.2) is 107 Å². The highest BCUT2D eigenvalue weighted by Gasteiger charge is 2.24. The zero-order chi connectivity index (χ0) is 25.6. The maximum atomic E-state index is 12.9. The number of nitrogens with one attached hydrogen (secondary N) is 1. The number of aromatic nitrogens is 2. The fraction of sp³-hybridized carbons (Fsp3) is 0.0667. The number of benzene rings is 3. The number of hydrogen-bond acceptors (Lipinski definition) is 6. The molecule has 0 spiro atoms. The van der Waals surface area contributed by atoms with E-state index < -0.39 is 0 Å². The molecule has 0 aliphatic rings. The van der Waals surface area contributed by atoms with Crippen LogP contribution in [-0.2, 0) is 4.79 Å². The first kappa shape index (κ1) is 24.0. The zero-order valence-electron chi connectivity index (χ0n) is 20.0. The molecule has 5 rings (SSSR count). The molecule has 2 aromatic heterocycles. The van der Waals surface area contributed by atoms with Gasteiger partial charge in [0.2, 0.25) is 11.8 Å². The summed E-state index contributed by atoms with van der Waals surface area (Å²) >= 11 is 1.23. The Kier molecular flexibility index (Phi) is 7.11. The van der Waals surface area contributed by atoms with E-state index in [4.69, 9.17) is 4.42 Å². The van der Waals surface area contributed by atoms with Crippen LogP contribution in [0.4, 0.5) is 5.88 Å². The van der Waals surface area contributed by atoms with Crippen LogP contribution < -0.4 is 5.32 Å². The van der Waals surface area contributed by atoms with Crippen LogP contribution in [0, 0.1) is 18.3 Å². The van der Waals surface area contributed by atoms with E-state index in [2.05, 4.69) is 21.4 Å². The fourth-order valence-electron chi connectivity index (χ4n) is 3.95. The lowest BCUT2D eigenvalue weighted by atomic mass is 9.98. The summed E-state index contributed by atoms with van der Waals surface area (Å²) in [4.78, 5) is 22.0. The predicted octanol–water partition coefficient (Wildman–Crippen LogP) is 6.98. The van der Waals surface area contributed by atoms with Gasteiger partial charge in [0.25, 0.3) is 0 Å². The number of thioether (sulfide) groups is 1. The number of nitrogens with zero attached hydrogens (tertiary/aromatic N) is 3. The number of nitriles is 1. The summed E-state index contributed by atoms with van der Waals surface area (Å²) < 4.78 is 6.10. The van der Waals surface area contributed by atoms with Crippen LogP contribution in [0.3, 0.4) is 0 Å². The van der Waals surface area contributed by atoms with Crippen molar-refractivity contribution in [3.8, 4) is 39.8 Å². The Labute approximate surface area is 219 Å². The minimum Gasteiger partial charge on any atom is -0.438 e. The molecule has 1 amide bonds. The van der Waals surface area contributed by atoms with E-state index in [1.165, 1.54) is 11.8 Å². The Morgan fingerprint density at radius 2 is 1.49 bits per heavy atom. The average molecular weight is 503 g/mol. The van der Waals surface area contributed by atoms with E-state index in [-0.39, 0.29) is 23.1 Å². The fourth-order valence-corrected chi connectivity index (χ4v) is 4.66. The van der Waals surface area contributed by atoms with Crippen molar-refractivity contribution in [1.82, 2.24) is 9.97 Å². The standard InChI is InChI=1S/C30H22N4O2S/c1-20-17-25(21-11-5-2-6-12-21)33-30(32-20)37-19-26(35)34-29-24(18-31)27(22-13-7-3-8-14-22)28(36-29)23-15-9-4-10-16-23/h2-17H,19H2,1H3,(H,34,35). The van der Waals surface area contributed by atoms with Gasteiger partial charge in [-0.3, -0.25) is 10.1 Å². The number of carbonyl (C=O) groups is 1. The average Bonchev–Trinajstić information content (AvgIpc) is 3.31. The Morgan fingerprint density at radius 3 is 2.11 bits per heavy atom. The first-order valence-electron chi connectivity index (χ1n) is 11.6. The van der Waals surface area contributed by atoms with Crippen molar-refractivity contribution >= 4 is 23.6 Å². The number of carbonyl (C=O) groups excluding carboxylic acids is 1. The number of hydrogen-bond donors (Lipinski definition) is 1. The van der Waals surface area contributed by atoms with Gasteiger partial charge < -0.3 is 4.42 Å². The molecule has 0 aliphatic heterocycles. The highest BCUT2D eigenvalue weighted by molar-refractivity contribution is 7.99. The van der Waals surface area contributed by atoms with Gasteiger partial charge in [-0.25, -0.2) is 9.97 Å². The van der Waals surface area contributed by atoms with Crippen LogP contribution in [0.2, 0.25) is 0 Å². The smallest absolute Gasteiger partial charge is 0.237 e. The first-order chi connectivity index (χ1) is 18.1. The highest BCUT2D eigenvalue weighted by atomic mass is 32.2. The molecular weight excluding hydrogens is 480 g/mol. The minimum absolute atomic E-state index is 0.0601. The maximum Gasteiger partial charge on any atom is 0.237 e. The molecule has 2 heterocycles. The first-order valence-corrected chi connectivity index (χ1v) is 12.6. The number of furan rings is 1. The lowest BCUT2D eigenvalue weighted by molar-refractivity contribution is -0.113. The van der Waals surface area contributed by atoms with Gasteiger partial charge in [-0.1, -0.05) is 103 Å². The SMILES string of the molecule is Cc1cc(-c2ccccc2)nc(SCC(=O)Nc2oc(-c3ccccc3)c(-c3ccccc3)c2C#N)n1. The van der Waals surface area contributed by atoms with Crippen molar-refractivity contribution in [2.45, 2.75) is 12.1 Å². The molecule has 0 radical (unpaired) electrons. The summed E-state index contributed by atoms with van der Waals surface area (Å²) in [5, 5.41) is 13.3. The van der Waals surface area contributed by atoms with Crippen LogP contribution in [0.1, 0.15) is 11.3 Å². The van der Waals surface area contributed by atoms with Crippen molar-refractivity contribution in [2.75, 3.05) is 11.1 Å². The second kappa shape index (κ2) is 10.9. The van der Waals surface area contributed by atoms with Gasteiger partial charge in [0.15, 0.2) is 5.16 Å². The van der Waals surface area contributed by atoms with Crippen LogP contribution in [-0.4, -0.2) is 21.6 Å². The monoisotopic (exact) mass is 502 g/mol. The van der Waals surface area contributed by atoms with Gasteiger partial charge in [-0.2, -0.15) is 5.26 Å². The molecule has 0 bridgehead atoms. The van der Waals surface area contributed by atoms with Crippen molar-refractivity contribution in [2.24, 2.45) is 0 Å². The molecule has 180 valence electrons. The van der Waals surface area contributed by atoms with Gasteiger partial charge in [0.1, 0.15) is 17.4 Å². The second-order valence-electron chi connectivity index (χ2n) is 8.23. The lowest BCUT2D eigenvalue weighted by Crippen LogP contribution is -2.14. The molecule has 37 heavy (non-hydrogen) atoms. The summed E-state index contributed by atoms with van der Waals surface area (Å²) in [7, 11) is 0. The van der Waals surface area contributed by atoms with E-state index in [0.717, 1.165) is 28.1 Å². The van der Waals surface area contributed by atoms with Gasteiger partial charge in [-0.15, -0.1) is 0 Å². The van der Waals surface area contributed by atoms with E-state index in [1.54, 1.807) is 0 Å². The third-order valence-corrected chi connectivity index (χ3v) is 6.45. The number of amides is 1. The summed E-state index contributed by atoms with van der Waals surface area (Å²) in [5.41, 5.74) is 5.17. The molecule has 0 unspecified atom stereocenters. The lowest BCUT2D eigenvalue weighted by Gasteiger charge is -2.06. The quantitative estimate of drug-likeness (QED) is 0.191. The van der Waals surface area contributed by atoms with Crippen molar-refractivity contribution in [3.63, 3.8) is 0 Å². The third-order valence-electron chi connectivity index (χ3n) is 5.61. The van der Waals surface area contributed by atoms with Crippen molar-refractivity contribution < 1.29 is 9.21 Å². The van der Waals surface area contributed by atoms with E-state index in [1.807, 2.05) is 104 Å². The number of rotatable bonds is 7. The molecule has 7 heteroatoms.